The monoisotopic (exact) mass is 385 g/mol. The highest BCUT2D eigenvalue weighted by Gasteiger charge is 2.27. The van der Waals surface area contributed by atoms with E-state index in [1.165, 1.54) is 6.26 Å². The first-order valence-electron chi connectivity index (χ1n) is 9.88. The van der Waals surface area contributed by atoms with Gasteiger partial charge in [0.15, 0.2) is 5.76 Å². The normalized spacial score (nSPS) is 13.4. The topological polar surface area (TPSA) is 74.6 Å². The molecule has 2 N–H and O–H groups in total. The quantitative estimate of drug-likeness (QED) is 0.658. The third kappa shape index (κ3) is 5.70. The van der Waals surface area contributed by atoms with E-state index in [2.05, 4.69) is 41.5 Å². The van der Waals surface area contributed by atoms with Crippen LogP contribution in [0.2, 0.25) is 0 Å². The molecule has 1 aromatic heterocycles. The second-order valence-electron chi connectivity index (χ2n) is 7.07. The number of benzene rings is 1. The molecule has 1 heterocycles. The van der Waals surface area contributed by atoms with Crippen molar-refractivity contribution in [3.05, 3.63) is 60.1 Å². The van der Waals surface area contributed by atoms with Gasteiger partial charge in [-0.05, 0) is 36.7 Å². The van der Waals surface area contributed by atoms with Gasteiger partial charge in [-0.1, -0.05) is 58.0 Å². The predicted molar refractivity (Wildman–Crippen MR) is 110 cm³/mol. The van der Waals surface area contributed by atoms with E-state index < -0.39 is 6.04 Å². The Morgan fingerprint density at radius 1 is 1.04 bits per heavy atom. The first-order valence-corrected chi connectivity index (χ1v) is 9.88. The van der Waals surface area contributed by atoms with Crippen molar-refractivity contribution < 1.29 is 14.0 Å². The van der Waals surface area contributed by atoms with Gasteiger partial charge in [0.2, 0.25) is 5.91 Å². The molecule has 2 amide bonds. The minimum atomic E-state index is -0.634. The number of nitrogens with zero attached hydrogens (tertiary/aromatic N) is 1. The van der Waals surface area contributed by atoms with Crippen LogP contribution in [0.3, 0.4) is 0 Å². The highest BCUT2D eigenvalue weighted by molar-refractivity contribution is 5.95. The number of carbonyl (C=O) groups is 2. The zero-order chi connectivity index (χ0) is 20.5. The van der Waals surface area contributed by atoms with Crippen molar-refractivity contribution in [3.63, 3.8) is 0 Å². The largest absolute Gasteiger partial charge is 0.459 e. The van der Waals surface area contributed by atoms with Crippen molar-refractivity contribution in [1.82, 2.24) is 15.5 Å². The summed E-state index contributed by atoms with van der Waals surface area (Å²) in [6, 6.07) is 12.8. The molecule has 28 heavy (non-hydrogen) atoms. The molecule has 0 aliphatic heterocycles. The fourth-order valence-electron chi connectivity index (χ4n) is 3.26. The molecular formula is C22H31N3O3. The van der Waals surface area contributed by atoms with Crippen molar-refractivity contribution >= 4 is 11.8 Å². The van der Waals surface area contributed by atoms with Gasteiger partial charge in [-0.25, -0.2) is 0 Å². The minimum Gasteiger partial charge on any atom is -0.459 e. The molecule has 0 bridgehead atoms. The van der Waals surface area contributed by atoms with Crippen molar-refractivity contribution in [2.24, 2.45) is 5.92 Å². The lowest BCUT2D eigenvalue weighted by atomic mass is 10.0. The van der Waals surface area contributed by atoms with Gasteiger partial charge in [0.05, 0.1) is 12.3 Å². The highest BCUT2D eigenvalue weighted by Crippen LogP contribution is 2.19. The number of amides is 2. The minimum absolute atomic E-state index is 0.0532. The van der Waals surface area contributed by atoms with Crippen LogP contribution in [0.15, 0.2) is 53.1 Å². The van der Waals surface area contributed by atoms with Crippen molar-refractivity contribution in [3.8, 4) is 0 Å². The van der Waals surface area contributed by atoms with Gasteiger partial charge < -0.3 is 15.1 Å². The summed E-state index contributed by atoms with van der Waals surface area (Å²) in [7, 11) is 0. The van der Waals surface area contributed by atoms with Crippen LogP contribution in [-0.2, 0) is 4.79 Å². The SMILES string of the molecule is CCN(CC)C(CNC(=O)C(NC(=O)c1ccco1)C(C)C)c1ccccc1. The number of furan rings is 1. The molecule has 0 spiro atoms. The van der Waals surface area contributed by atoms with Gasteiger partial charge in [-0.3, -0.25) is 14.5 Å². The maximum absolute atomic E-state index is 12.8. The van der Waals surface area contributed by atoms with Crippen LogP contribution in [-0.4, -0.2) is 42.4 Å². The fraction of sp³-hybridized carbons (Fsp3) is 0.455. The maximum atomic E-state index is 12.8. The Kier molecular flexibility index (Phi) is 8.26. The van der Waals surface area contributed by atoms with Gasteiger partial charge in [0.25, 0.3) is 5.91 Å². The molecule has 2 aromatic rings. The van der Waals surface area contributed by atoms with Crippen LogP contribution in [0.4, 0.5) is 0 Å². The van der Waals surface area contributed by atoms with Gasteiger partial charge in [-0.2, -0.15) is 0 Å². The van der Waals surface area contributed by atoms with E-state index in [0.717, 1.165) is 18.7 Å². The van der Waals surface area contributed by atoms with Crippen LogP contribution in [0.25, 0.3) is 0 Å². The van der Waals surface area contributed by atoms with Crippen LogP contribution in [0.1, 0.15) is 49.9 Å². The lowest BCUT2D eigenvalue weighted by molar-refractivity contribution is -0.124. The fourth-order valence-corrected chi connectivity index (χ4v) is 3.26. The van der Waals surface area contributed by atoms with Crippen LogP contribution < -0.4 is 10.6 Å². The second kappa shape index (κ2) is 10.7. The highest BCUT2D eigenvalue weighted by atomic mass is 16.3. The lowest BCUT2D eigenvalue weighted by Gasteiger charge is -2.31. The van der Waals surface area contributed by atoms with E-state index in [1.807, 2.05) is 32.0 Å². The molecule has 6 nitrogen and oxygen atoms in total. The van der Waals surface area contributed by atoms with Crippen LogP contribution >= 0.6 is 0 Å². The van der Waals surface area contributed by atoms with E-state index in [-0.39, 0.29) is 29.5 Å². The molecule has 1 aromatic carbocycles. The Bertz CT molecular complexity index is 725. The van der Waals surface area contributed by atoms with Crippen LogP contribution in [0, 0.1) is 5.92 Å². The van der Waals surface area contributed by atoms with E-state index in [0.29, 0.717) is 6.54 Å². The standard InChI is InChI=1S/C22H31N3O3/c1-5-25(6-2)18(17-11-8-7-9-12-17)15-23-22(27)20(16(3)4)24-21(26)19-13-10-14-28-19/h7-14,16,18,20H,5-6,15H2,1-4H3,(H,23,27)(H,24,26). The second-order valence-corrected chi connectivity index (χ2v) is 7.07. The zero-order valence-electron chi connectivity index (χ0n) is 17.1. The van der Waals surface area contributed by atoms with Gasteiger partial charge in [0.1, 0.15) is 6.04 Å². The van der Waals surface area contributed by atoms with Crippen LogP contribution in [0.5, 0.6) is 0 Å². The number of carbonyl (C=O) groups excluding carboxylic acids is 2. The first-order chi connectivity index (χ1) is 13.5. The number of hydrogen-bond acceptors (Lipinski definition) is 4. The average molecular weight is 386 g/mol. The molecule has 152 valence electrons. The Morgan fingerprint density at radius 2 is 1.71 bits per heavy atom. The van der Waals surface area contributed by atoms with E-state index >= 15 is 0 Å². The molecule has 0 radical (unpaired) electrons. The summed E-state index contributed by atoms with van der Waals surface area (Å²) in [6.45, 7) is 10.3. The molecule has 0 aliphatic rings. The molecule has 0 saturated carbocycles. The molecule has 2 atom stereocenters. The van der Waals surface area contributed by atoms with E-state index in [4.69, 9.17) is 4.42 Å². The number of likely N-dealkylation sites (N-methyl/N-ethyl adjacent to an activating group) is 1. The van der Waals surface area contributed by atoms with Crippen molar-refractivity contribution in [2.75, 3.05) is 19.6 Å². The summed E-state index contributed by atoms with van der Waals surface area (Å²) in [5.74, 6) is -0.434. The van der Waals surface area contributed by atoms with Gasteiger partial charge >= 0.3 is 0 Å². The summed E-state index contributed by atoms with van der Waals surface area (Å²) in [5.41, 5.74) is 1.16. The van der Waals surface area contributed by atoms with Crippen molar-refractivity contribution in [1.29, 1.82) is 0 Å². The summed E-state index contributed by atoms with van der Waals surface area (Å²) in [5, 5.41) is 5.82. The molecule has 2 rings (SSSR count). The Balaban J connectivity index is 2.07. The smallest absolute Gasteiger partial charge is 0.287 e. The Morgan fingerprint density at radius 3 is 2.25 bits per heavy atom. The Hall–Kier alpha value is -2.60. The number of rotatable bonds is 10. The van der Waals surface area contributed by atoms with E-state index in [1.54, 1.807) is 12.1 Å². The summed E-state index contributed by atoms with van der Waals surface area (Å²) >= 11 is 0. The molecule has 6 heteroatoms. The zero-order valence-corrected chi connectivity index (χ0v) is 17.1. The molecule has 0 aliphatic carbocycles. The molecule has 0 saturated heterocycles. The van der Waals surface area contributed by atoms with E-state index in [9.17, 15) is 9.59 Å². The third-order valence-corrected chi connectivity index (χ3v) is 4.89. The van der Waals surface area contributed by atoms with Gasteiger partial charge in [-0.15, -0.1) is 0 Å². The van der Waals surface area contributed by atoms with Gasteiger partial charge in [0, 0.05) is 6.54 Å². The maximum Gasteiger partial charge on any atom is 0.287 e. The summed E-state index contributed by atoms with van der Waals surface area (Å²) < 4.78 is 5.12. The molecule has 0 fully saturated rings. The molecular weight excluding hydrogens is 354 g/mol. The Labute approximate surface area is 167 Å². The predicted octanol–water partition coefficient (Wildman–Crippen LogP) is 3.23. The third-order valence-electron chi connectivity index (χ3n) is 4.89. The number of hydrogen-bond donors (Lipinski definition) is 2. The lowest BCUT2D eigenvalue weighted by Crippen LogP contribution is -2.51. The first kappa shape index (κ1) is 21.7. The van der Waals surface area contributed by atoms with Crippen molar-refractivity contribution in [2.45, 2.75) is 39.8 Å². The molecule has 2 unspecified atom stereocenters. The average Bonchev–Trinajstić information content (AvgIpc) is 3.24. The summed E-state index contributed by atoms with van der Waals surface area (Å²) in [6.07, 6.45) is 1.44. The summed E-state index contributed by atoms with van der Waals surface area (Å²) in [4.78, 5) is 27.4. The number of nitrogens with one attached hydrogen (secondary N) is 2.